The normalized spacial score (nSPS) is 15.9. The molecule has 1 saturated carbocycles. The minimum absolute atomic E-state index is 0.138. The van der Waals surface area contributed by atoms with Crippen LogP contribution >= 0.6 is 0 Å². The van der Waals surface area contributed by atoms with Crippen molar-refractivity contribution in [1.29, 1.82) is 0 Å². The van der Waals surface area contributed by atoms with Gasteiger partial charge in [-0.15, -0.1) is 0 Å². The van der Waals surface area contributed by atoms with E-state index in [-0.39, 0.29) is 5.84 Å². The smallest absolute Gasteiger partial charge is 0.170 e. The summed E-state index contributed by atoms with van der Waals surface area (Å²) in [4.78, 5) is 0. The number of hydrogen-bond donors (Lipinski definition) is 2. The van der Waals surface area contributed by atoms with Crippen LogP contribution in [0.1, 0.15) is 36.0 Å². The van der Waals surface area contributed by atoms with E-state index < -0.39 is 0 Å². The Kier molecular flexibility index (Phi) is 4.20. The number of rotatable bonds is 6. The molecular formula is C14H20N2O2. The Labute approximate surface area is 107 Å². The van der Waals surface area contributed by atoms with E-state index in [0.717, 1.165) is 29.2 Å². The standard InChI is InChI=1S/C14H20N2O2/c1-10-8-12(14(15)16-17)4-5-13(10)9-18-7-6-11-2-3-11/h4-5,8,11,17H,2-3,6-7,9H2,1H3,(H2,15,16). The highest BCUT2D eigenvalue weighted by atomic mass is 16.5. The lowest BCUT2D eigenvalue weighted by Crippen LogP contribution is -2.13. The number of ether oxygens (including phenoxy) is 1. The van der Waals surface area contributed by atoms with Gasteiger partial charge in [0.15, 0.2) is 5.84 Å². The fourth-order valence-electron chi connectivity index (χ4n) is 1.91. The Balaban J connectivity index is 1.87. The minimum Gasteiger partial charge on any atom is -0.409 e. The molecule has 0 radical (unpaired) electrons. The predicted octanol–water partition coefficient (Wildman–Crippen LogP) is 2.41. The fourth-order valence-corrected chi connectivity index (χ4v) is 1.91. The molecule has 18 heavy (non-hydrogen) atoms. The number of amidine groups is 1. The van der Waals surface area contributed by atoms with Crippen LogP contribution in [0.4, 0.5) is 0 Å². The van der Waals surface area contributed by atoms with Crippen molar-refractivity contribution in [2.24, 2.45) is 16.8 Å². The van der Waals surface area contributed by atoms with E-state index in [2.05, 4.69) is 5.16 Å². The lowest BCUT2D eigenvalue weighted by molar-refractivity contribution is 0.114. The molecule has 0 amide bonds. The summed E-state index contributed by atoms with van der Waals surface area (Å²) in [5.74, 6) is 1.05. The molecule has 2 rings (SSSR count). The second-order valence-corrected chi connectivity index (χ2v) is 4.91. The van der Waals surface area contributed by atoms with Gasteiger partial charge in [0.05, 0.1) is 6.61 Å². The molecule has 1 aliphatic carbocycles. The van der Waals surface area contributed by atoms with E-state index in [4.69, 9.17) is 15.7 Å². The molecule has 0 aliphatic heterocycles. The zero-order valence-electron chi connectivity index (χ0n) is 10.7. The molecule has 0 aromatic heterocycles. The molecule has 0 bridgehead atoms. The first-order valence-corrected chi connectivity index (χ1v) is 6.36. The van der Waals surface area contributed by atoms with E-state index in [1.54, 1.807) is 0 Å². The summed E-state index contributed by atoms with van der Waals surface area (Å²) in [7, 11) is 0. The average molecular weight is 248 g/mol. The van der Waals surface area contributed by atoms with Crippen LogP contribution in [0.2, 0.25) is 0 Å². The van der Waals surface area contributed by atoms with E-state index in [1.165, 1.54) is 19.3 Å². The van der Waals surface area contributed by atoms with Crippen LogP contribution in [-0.4, -0.2) is 17.6 Å². The van der Waals surface area contributed by atoms with Crippen molar-refractivity contribution in [3.8, 4) is 0 Å². The van der Waals surface area contributed by atoms with Crippen LogP contribution in [0.25, 0.3) is 0 Å². The van der Waals surface area contributed by atoms with Gasteiger partial charge in [-0.05, 0) is 36.5 Å². The highest BCUT2D eigenvalue weighted by molar-refractivity contribution is 5.97. The van der Waals surface area contributed by atoms with Crippen molar-refractivity contribution in [3.63, 3.8) is 0 Å². The fraction of sp³-hybridized carbons (Fsp3) is 0.500. The minimum atomic E-state index is 0.138. The first kappa shape index (κ1) is 12.9. The lowest BCUT2D eigenvalue weighted by atomic mass is 10.1. The molecule has 0 spiro atoms. The van der Waals surface area contributed by atoms with Crippen molar-refractivity contribution in [2.75, 3.05) is 6.61 Å². The zero-order valence-corrected chi connectivity index (χ0v) is 10.7. The molecule has 1 aromatic carbocycles. The summed E-state index contributed by atoms with van der Waals surface area (Å²) < 4.78 is 5.67. The highest BCUT2D eigenvalue weighted by Crippen LogP contribution is 2.32. The summed E-state index contributed by atoms with van der Waals surface area (Å²) in [6.07, 6.45) is 3.93. The maximum Gasteiger partial charge on any atom is 0.170 e. The van der Waals surface area contributed by atoms with Crippen molar-refractivity contribution in [3.05, 3.63) is 34.9 Å². The molecule has 1 aliphatic rings. The van der Waals surface area contributed by atoms with Gasteiger partial charge in [-0.3, -0.25) is 0 Å². The van der Waals surface area contributed by atoms with Crippen molar-refractivity contribution < 1.29 is 9.94 Å². The Morgan fingerprint density at radius 2 is 2.28 bits per heavy atom. The molecule has 4 nitrogen and oxygen atoms in total. The number of oxime groups is 1. The van der Waals surface area contributed by atoms with Crippen LogP contribution in [-0.2, 0) is 11.3 Å². The van der Waals surface area contributed by atoms with Crippen molar-refractivity contribution in [2.45, 2.75) is 32.8 Å². The third-order valence-electron chi connectivity index (χ3n) is 3.37. The molecule has 1 fully saturated rings. The van der Waals surface area contributed by atoms with Crippen molar-refractivity contribution >= 4 is 5.84 Å². The molecule has 98 valence electrons. The summed E-state index contributed by atoms with van der Waals surface area (Å²) in [5.41, 5.74) is 8.53. The largest absolute Gasteiger partial charge is 0.409 e. The topological polar surface area (TPSA) is 67.8 Å². The van der Waals surface area contributed by atoms with Crippen LogP contribution in [0.3, 0.4) is 0 Å². The third-order valence-corrected chi connectivity index (χ3v) is 3.37. The summed E-state index contributed by atoms with van der Waals surface area (Å²) in [6.45, 7) is 3.48. The molecule has 1 aromatic rings. The van der Waals surface area contributed by atoms with Crippen molar-refractivity contribution in [1.82, 2.24) is 0 Å². The molecule has 3 N–H and O–H groups in total. The van der Waals surface area contributed by atoms with E-state index in [0.29, 0.717) is 6.61 Å². The van der Waals surface area contributed by atoms with Gasteiger partial charge in [0.2, 0.25) is 0 Å². The van der Waals surface area contributed by atoms with Crippen LogP contribution in [0.5, 0.6) is 0 Å². The van der Waals surface area contributed by atoms with Gasteiger partial charge in [-0.25, -0.2) is 0 Å². The first-order chi connectivity index (χ1) is 8.70. The van der Waals surface area contributed by atoms with Gasteiger partial charge >= 0.3 is 0 Å². The molecule has 0 saturated heterocycles. The third kappa shape index (κ3) is 3.47. The Morgan fingerprint density at radius 3 is 2.89 bits per heavy atom. The maximum absolute atomic E-state index is 8.62. The maximum atomic E-state index is 8.62. The molecule has 0 heterocycles. The number of aryl methyl sites for hydroxylation is 1. The highest BCUT2D eigenvalue weighted by Gasteiger charge is 2.20. The van der Waals surface area contributed by atoms with E-state index in [1.807, 2.05) is 25.1 Å². The monoisotopic (exact) mass is 248 g/mol. The summed E-state index contributed by atoms with van der Waals surface area (Å²) in [6, 6.07) is 5.73. The van der Waals surface area contributed by atoms with Gasteiger partial charge in [0.1, 0.15) is 0 Å². The second kappa shape index (κ2) is 5.87. The van der Waals surface area contributed by atoms with E-state index in [9.17, 15) is 0 Å². The Morgan fingerprint density at radius 1 is 1.50 bits per heavy atom. The van der Waals surface area contributed by atoms with Gasteiger partial charge in [0, 0.05) is 12.2 Å². The number of nitrogens with two attached hydrogens (primary N) is 1. The van der Waals surface area contributed by atoms with Gasteiger partial charge in [-0.1, -0.05) is 30.1 Å². The summed E-state index contributed by atoms with van der Waals surface area (Å²) >= 11 is 0. The molecule has 0 unspecified atom stereocenters. The molecule has 4 heteroatoms. The first-order valence-electron chi connectivity index (χ1n) is 6.36. The summed E-state index contributed by atoms with van der Waals surface area (Å²) in [5, 5.41) is 11.6. The second-order valence-electron chi connectivity index (χ2n) is 4.91. The number of benzene rings is 1. The predicted molar refractivity (Wildman–Crippen MR) is 70.7 cm³/mol. The zero-order chi connectivity index (χ0) is 13.0. The Bertz CT molecular complexity index is 439. The SMILES string of the molecule is Cc1cc(/C(N)=N/O)ccc1COCCC1CC1. The van der Waals surface area contributed by atoms with E-state index >= 15 is 0 Å². The Hall–Kier alpha value is -1.55. The van der Waals surface area contributed by atoms with Gasteiger partial charge < -0.3 is 15.7 Å². The number of hydrogen-bond acceptors (Lipinski definition) is 3. The van der Waals surface area contributed by atoms with Crippen LogP contribution < -0.4 is 5.73 Å². The quantitative estimate of drug-likeness (QED) is 0.267. The number of nitrogens with zero attached hydrogens (tertiary/aromatic N) is 1. The van der Waals surface area contributed by atoms with Crippen LogP contribution in [0.15, 0.2) is 23.4 Å². The molecule has 0 atom stereocenters. The average Bonchev–Trinajstić information content (AvgIpc) is 3.19. The lowest BCUT2D eigenvalue weighted by Gasteiger charge is -2.08. The molecular weight excluding hydrogens is 228 g/mol. The van der Waals surface area contributed by atoms with Crippen LogP contribution in [0, 0.1) is 12.8 Å². The van der Waals surface area contributed by atoms with Gasteiger partial charge in [0.25, 0.3) is 0 Å². The van der Waals surface area contributed by atoms with Gasteiger partial charge in [-0.2, -0.15) is 0 Å².